The third-order valence-electron chi connectivity index (χ3n) is 4.00. The van der Waals surface area contributed by atoms with Gasteiger partial charge in [-0.05, 0) is 18.6 Å². The molecule has 1 N–H and O–H groups in total. The van der Waals surface area contributed by atoms with Crippen LogP contribution >= 0.6 is 11.6 Å². The Morgan fingerprint density at radius 3 is 2.68 bits per heavy atom. The zero-order valence-electron chi connectivity index (χ0n) is 13.1. The van der Waals surface area contributed by atoms with E-state index in [4.69, 9.17) is 11.6 Å². The fraction of sp³-hybridized carbons (Fsp3) is 0.333. The molecule has 2 aromatic rings. The molecule has 0 atom stereocenters. The van der Waals surface area contributed by atoms with E-state index in [0.29, 0.717) is 24.2 Å². The number of benzene rings is 1. The minimum Gasteiger partial charge on any atom is -0.297 e. The maximum absolute atomic E-state index is 13.9. The van der Waals surface area contributed by atoms with Crippen LogP contribution in [0, 0.1) is 11.6 Å². The van der Waals surface area contributed by atoms with Crippen LogP contribution in [0.4, 0.5) is 8.78 Å². The van der Waals surface area contributed by atoms with Crippen molar-refractivity contribution < 1.29 is 17.2 Å². The first-order valence-corrected chi connectivity index (χ1v) is 9.60. The highest BCUT2D eigenvalue weighted by atomic mass is 35.5. The van der Waals surface area contributed by atoms with Crippen LogP contribution in [-0.2, 0) is 29.3 Å². The first-order valence-electron chi connectivity index (χ1n) is 7.33. The van der Waals surface area contributed by atoms with Crippen molar-refractivity contribution in [2.75, 3.05) is 12.8 Å². The van der Waals surface area contributed by atoms with Crippen LogP contribution in [0.2, 0.25) is 5.02 Å². The molecule has 0 radical (unpaired) electrons. The van der Waals surface area contributed by atoms with Gasteiger partial charge in [-0.15, -0.1) is 0 Å². The van der Waals surface area contributed by atoms with Gasteiger partial charge in [0, 0.05) is 37.0 Å². The molecule has 0 bridgehead atoms. The number of halogens is 3. The van der Waals surface area contributed by atoms with Crippen LogP contribution in [0.25, 0.3) is 0 Å². The van der Waals surface area contributed by atoms with Gasteiger partial charge in [-0.3, -0.25) is 14.7 Å². The van der Waals surface area contributed by atoms with Crippen LogP contribution < -0.4 is 5.56 Å². The number of rotatable bonds is 3. The molecule has 0 aliphatic carbocycles. The largest absolute Gasteiger partial charge is 0.297 e. The van der Waals surface area contributed by atoms with Crippen molar-refractivity contribution in [2.45, 2.75) is 24.7 Å². The molecule has 0 amide bonds. The topological polar surface area (TPSA) is 83.1 Å². The highest BCUT2D eigenvalue weighted by Gasteiger charge is 2.25. The summed E-state index contributed by atoms with van der Waals surface area (Å²) in [4.78, 5) is 20.0. The normalized spacial score (nSPS) is 15.2. The zero-order chi connectivity index (χ0) is 18.4. The molecule has 3 rings (SSSR count). The van der Waals surface area contributed by atoms with Crippen LogP contribution in [-0.4, -0.2) is 36.1 Å². The van der Waals surface area contributed by atoms with Gasteiger partial charge in [-0.25, -0.2) is 22.2 Å². The lowest BCUT2D eigenvalue weighted by Crippen LogP contribution is -2.36. The van der Waals surface area contributed by atoms with E-state index in [1.807, 2.05) is 0 Å². The Morgan fingerprint density at radius 2 is 2.00 bits per heavy atom. The summed E-state index contributed by atoms with van der Waals surface area (Å²) < 4.78 is 50.7. The molecule has 6 nitrogen and oxygen atoms in total. The monoisotopic (exact) mass is 389 g/mol. The fourth-order valence-electron chi connectivity index (χ4n) is 2.72. The summed E-state index contributed by atoms with van der Waals surface area (Å²) in [5.41, 5.74) is 0.219. The molecule has 1 aliphatic heterocycles. The minimum absolute atomic E-state index is 0.0123. The van der Waals surface area contributed by atoms with Crippen LogP contribution in [0.1, 0.15) is 16.8 Å². The number of aromatic amines is 1. The molecule has 2 heterocycles. The number of fused-ring (bicyclic) bond motifs is 1. The molecular formula is C15H14ClF2N3O3S. The summed E-state index contributed by atoms with van der Waals surface area (Å²) in [7, 11) is -3.67. The van der Waals surface area contributed by atoms with E-state index in [0.717, 1.165) is 18.4 Å². The van der Waals surface area contributed by atoms with Gasteiger partial charge in [0.25, 0.3) is 5.56 Å². The molecule has 25 heavy (non-hydrogen) atoms. The first-order chi connectivity index (χ1) is 11.7. The molecule has 0 fully saturated rings. The Bertz CT molecular complexity index is 1010. The molecule has 1 aliphatic rings. The molecule has 0 saturated heterocycles. The van der Waals surface area contributed by atoms with Gasteiger partial charge in [0.05, 0.1) is 10.7 Å². The maximum atomic E-state index is 13.9. The lowest BCUT2D eigenvalue weighted by molar-refractivity contribution is 0.235. The average Bonchev–Trinajstić information content (AvgIpc) is 2.54. The summed E-state index contributed by atoms with van der Waals surface area (Å²) in [6.45, 7) is 0.556. The molecule has 0 spiro atoms. The van der Waals surface area contributed by atoms with Gasteiger partial charge in [0.2, 0.25) is 15.0 Å². The summed E-state index contributed by atoms with van der Waals surface area (Å²) in [6, 6.07) is 1.95. The standard InChI is InChI=1S/C15H14ClF2N3O3S/c1-25(23,24)15-19-12-7-21(5-4-8(12)14(22)20-15)6-9-10(17)2-3-11(18)13(9)16/h2-3H,4-7H2,1H3,(H,19,20,22). The van der Waals surface area contributed by atoms with Crippen molar-refractivity contribution in [3.05, 3.63) is 56.0 Å². The van der Waals surface area contributed by atoms with E-state index >= 15 is 0 Å². The van der Waals surface area contributed by atoms with Crippen molar-refractivity contribution in [3.8, 4) is 0 Å². The second-order valence-corrected chi connectivity index (χ2v) is 8.16. The average molecular weight is 390 g/mol. The summed E-state index contributed by atoms with van der Waals surface area (Å²) in [5, 5.41) is -0.699. The lowest BCUT2D eigenvalue weighted by Gasteiger charge is -2.28. The Kier molecular flexibility index (Phi) is 4.65. The predicted molar refractivity (Wildman–Crippen MR) is 87.2 cm³/mol. The number of H-pyrrole nitrogens is 1. The quantitative estimate of drug-likeness (QED) is 0.637. The van der Waals surface area contributed by atoms with Crippen molar-refractivity contribution >= 4 is 21.4 Å². The molecule has 1 aromatic carbocycles. The van der Waals surface area contributed by atoms with Gasteiger partial charge in [-0.1, -0.05) is 11.6 Å². The number of aromatic nitrogens is 2. The highest BCUT2D eigenvalue weighted by molar-refractivity contribution is 7.90. The van der Waals surface area contributed by atoms with E-state index in [1.165, 1.54) is 0 Å². The van der Waals surface area contributed by atoms with Crippen molar-refractivity contribution in [3.63, 3.8) is 0 Å². The van der Waals surface area contributed by atoms with Gasteiger partial charge < -0.3 is 0 Å². The molecule has 10 heteroatoms. The van der Waals surface area contributed by atoms with Crippen LogP contribution in [0.15, 0.2) is 22.1 Å². The zero-order valence-corrected chi connectivity index (χ0v) is 14.7. The minimum atomic E-state index is -3.67. The number of sulfone groups is 1. The number of nitrogens with zero attached hydrogens (tertiary/aromatic N) is 2. The van der Waals surface area contributed by atoms with E-state index in [9.17, 15) is 22.0 Å². The smallest absolute Gasteiger partial charge is 0.255 e. The Balaban J connectivity index is 1.93. The summed E-state index contributed by atoms with van der Waals surface area (Å²) in [6.07, 6.45) is 1.26. The number of hydrogen-bond donors (Lipinski definition) is 1. The van der Waals surface area contributed by atoms with E-state index in [2.05, 4.69) is 9.97 Å². The van der Waals surface area contributed by atoms with Crippen molar-refractivity contribution in [1.29, 1.82) is 0 Å². The molecule has 1 aromatic heterocycles. The first kappa shape index (κ1) is 18.0. The third-order valence-corrected chi connectivity index (χ3v) is 5.31. The van der Waals surface area contributed by atoms with Crippen LogP contribution in [0.5, 0.6) is 0 Å². The molecule has 0 unspecified atom stereocenters. The van der Waals surface area contributed by atoms with Crippen molar-refractivity contribution in [2.24, 2.45) is 0 Å². The molecular weight excluding hydrogens is 376 g/mol. The second-order valence-electron chi connectivity index (χ2n) is 5.85. The summed E-state index contributed by atoms with van der Waals surface area (Å²) in [5.74, 6) is -1.35. The fourth-order valence-corrected chi connectivity index (χ4v) is 3.49. The van der Waals surface area contributed by atoms with E-state index in [1.54, 1.807) is 4.90 Å². The highest BCUT2D eigenvalue weighted by Crippen LogP contribution is 2.26. The van der Waals surface area contributed by atoms with Crippen molar-refractivity contribution in [1.82, 2.24) is 14.9 Å². The molecule has 0 saturated carbocycles. The SMILES string of the molecule is CS(=O)(=O)c1nc2c(c(=O)[nH]1)CCN(Cc1c(F)ccc(F)c1Cl)C2. The van der Waals surface area contributed by atoms with E-state index in [-0.39, 0.29) is 23.7 Å². The van der Waals surface area contributed by atoms with Gasteiger partial charge in [0.15, 0.2) is 0 Å². The van der Waals surface area contributed by atoms with Gasteiger partial charge in [0.1, 0.15) is 11.6 Å². The number of nitrogens with one attached hydrogen (secondary N) is 1. The number of hydrogen-bond acceptors (Lipinski definition) is 5. The molecule has 134 valence electrons. The van der Waals surface area contributed by atoms with Gasteiger partial charge in [-0.2, -0.15) is 0 Å². The third kappa shape index (κ3) is 3.58. The predicted octanol–water partition coefficient (Wildman–Crippen LogP) is 1.66. The lowest BCUT2D eigenvalue weighted by atomic mass is 10.1. The Morgan fingerprint density at radius 1 is 1.32 bits per heavy atom. The maximum Gasteiger partial charge on any atom is 0.255 e. The second kappa shape index (κ2) is 6.47. The van der Waals surface area contributed by atoms with Gasteiger partial charge >= 0.3 is 0 Å². The Labute approximate surface area is 147 Å². The van der Waals surface area contributed by atoms with E-state index < -0.39 is 32.2 Å². The van der Waals surface area contributed by atoms with Crippen LogP contribution in [0.3, 0.4) is 0 Å². The Hall–Kier alpha value is -1.84. The summed E-state index contributed by atoms with van der Waals surface area (Å²) >= 11 is 5.84.